The van der Waals surface area contributed by atoms with Gasteiger partial charge in [-0.25, -0.2) is 0 Å². The van der Waals surface area contributed by atoms with Gasteiger partial charge in [0.1, 0.15) is 0 Å². The summed E-state index contributed by atoms with van der Waals surface area (Å²) in [6.45, 7) is 4.00. The summed E-state index contributed by atoms with van der Waals surface area (Å²) in [5.74, 6) is 0. The van der Waals surface area contributed by atoms with Crippen molar-refractivity contribution in [2.75, 3.05) is 0 Å². The fourth-order valence-corrected chi connectivity index (χ4v) is 1.05. The minimum atomic E-state index is 0.100. The van der Waals surface area contributed by atoms with Gasteiger partial charge in [-0.1, -0.05) is 29.8 Å². The first-order valence-electron chi connectivity index (χ1n) is 4.00. The minimum Gasteiger partial charge on any atom is -0.352 e. The van der Waals surface area contributed by atoms with Gasteiger partial charge in [-0.2, -0.15) is 0 Å². The Morgan fingerprint density at radius 2 is 1.92 bits per heavy atom. The van der Waals surface area contributed by atoms with Gasteiger partial charge in [0, 0.05) is 0 Å². The maximum atomic E-state index is 10.1. The van der Waals surface area contributed by atoms with E-state index < -0.39 is 0 Å². The maximum Gasteiger partial charge on any atom is 0.207 e. The van der Waals surface area contributed by atoms with Crippen LogP contribution in [0.2, 0.25) is 0 Å². The van der Waals surface area contributed by atoms with E-state index in [4.69, 9.17) is 0 Å². The molecule has 1 atom stereocenters. The third-order valence-corrected chi connectivity index (χ3v) is 1.90. The quantitative estimate of drug-likeness (QED) is 0.676. The largest absolute Gasteiger partial charge is 0.352 e. The Labute approximate surface area is 72.6 Å². The zero-order valence-corrected chi connectivity index (χ0v) is 7.37. The lowest BCUT2D eigenvalue weighted by atomic mass is 10.1. The predicted molar refractivity (Wildman–Crippen MR) is 48.8 cm³/mol. The van der Waals surface area contributed by atoms with Crippen LogP contribution in [0.15, 0.2) is 24.3 Å². The Bertz CT molecular complexity index is 253. The van der Waals surface area contributed by atoms with E-state index in [1.54, 1.807) is 0 Å². The molecule has 0 saturated carbocycles. The number of benzene rings is 1. The van der Waals surface area contributed by atoms with Crippen molar-refractivity contribution in [2.24, 2.45) is 0 Å². The van der Waals surface area contributed by atoms with E-state index in [2.05, 4.69) is 5.32 Å². The summed E-state index contributed by atoms with van der Waals surface area (Å²) in [5.41, 5.74) is 2.37. The number of nitrogens with one attached hydrogen (secondary N) is 1. The summed E-state index contributed by atoms with van der Waals surface area (Å²) in [6.07, 6.45) is 0.727. The normalized spacial score (nSPS) is 12.2. The molecule has 2 heteroatoms. The fourth-order valence-electron chi connectivity index (χ4n) is 1.05. The van der Waals surface area contributed by atoms with Crippen LogP contribution in [0, 0.1) is 6.92 Å². The second-order valence-corrected chi connectivity index (χ2v) is 2.92. The number of carbonyl (C=O) groups excluding carboxylic acids is 1. The van der Waals surface area contributed by atoms with Gasteiger partial charge in [-0.05, 0) is 19.4 Å². The first kappa shape index (κ1) is 8.78. The van der Waals surface area contributed by atoms with Crippen molar-refractivity contribution in [3.05, 3.63) is 35.4 Å². The highest BCUT2D eigenvalue weighted by atomic mass is 16.1. The maximum absolute atomic E-state index is 10.1. The lowest BCUT2D eigenvalue weighted by molar-refractivity contribution is -0.110. The molecule has 0 bridgehead atoms. The average Bonchev–Trinajstić information content (AvgIpc) is 2.06. The molecule has 0 aromatic heterocycles. The van der Waals surface area contributed by atoms with Crippen molar-refractivity contribution in [2.45, 2.75) is 19.9 Å². The lowest BCUT2D eigenvalue weighted by Crippen LogP contribution is -2.15. The summed E-state index contributed by atoms with van der Waals surface area (Å²) >= 11 is 0. The van der Waals surface area contributed by atoms with Gasteiger partial charge in [-0.3, -0.25) is 4.79 Å². The smallest absolute Gasteiger partial charge is 0.207 e. The van der Waals surface area contributed by atoms with E-state index in [-0.39, 0.29) is 6.04 Å². The molecule has 64 valence electrons. The number of rotatable bonds is 3. The van der Waals surface area contributed by atoms with Crippen LogP contribution in [0.3, 0.4) is 0 Å². The van der Waals surface area contributed by atoms with E-state index in [0.29, 0.717) is 0 Å². The topological polar surface area (TPSA) is 29.1 Å². The van der Waals surface area contributed by atoms with Crippen LogP contribution < -0.4 is 5.32 Å². The Kier molecular flexibility index (Phi) is 2.86. The fraction of sp³-hybridized carbons (Fsp3) is 0.300. The highest BCUT2D eigenvalue weighted by molar-refractivity contribution is 5.47. The monoisotopic (exact) mass is 163 g/mol. The molecule has 1 aromatic rings. The third-order valence-electron chi connectivity index (χ3n) is 1.90. The molecule has 2 nitrogen and oxygen atoms in total. The summed E-state index contributed by atoms with van der Waals surface area (Å²) in [6, 6.07) is 8.23. The van der Waals surface area contributed by atoms with Crippen molar-refractivity contribution < 1.29 is 4.79 Å². The Hall–Kier alpha value is -1.31. The molecule has 1 aromatic carbocycles. The third kappa shape index (κ3) is 2.09. The zero-order chi connectivity index (χ0) is 8.97. The van der Waals surface area contributed by atoms with Gasteiger partial charge in [0.2, 0.25) is 6.41 Å². The molecule has 0 saturated heterocycles. The van der Waals surface area contributed by atoms with E-state index in [1.807, 2.05) is 38.1 Å². The summed E-state index contributed by atoms with van der Waals surface area (Å²) in [7, 11) is 0. The predicted octanol–water partition coefficient (Wildman–Crippen LogP) is 1.80. The minimum absolute atomic E-state index is 0.100. The molecule has 12 heavy (non-hydrogen) atoms. The molecule has 1 rings (SSSR count). The van der Waals surface area contributed by atoms with Gasteiger partial charge in [-0.15, -0.1) is 0 Å². The molecule has 0 radical (unpaired) electrons. The van der Waals surface area contributed by atoms with Crippen LogP contribution in [0.25, 0.3) is 0 Å². The zero-order valence-electron chi connectivity index (χ0n) is 7.37. The van der Waals surface area contributed by atoms with Crippen LogP contribution in [-0.4, -0.2) is 6.41 Å². The SMILES string of the molecule is Cc1ccc([C@H](C)NC=O)cc1. The van der Waals surface area contributed by atoms with Crippen molar-refractivity contribution in [3.8, 4) is 0 Å². The first-order chi connectivity index (χ1) is 5.74. The van der Waals surface area contributed by atoms with Crippen molar-refractivity contribution >= 4 is 6.41 Å². The second kappa shape index (κ2) is 3.90. The van der Waals surface area contributed by atoms with Crippen molar-refractivity contribution in [3.63, 3.8) is 0 Å². The molecule has 0 unspecified atom stereocenters. The first-order valence-corrected chi connectivity index (χ1v) is 4.00. The molecule has 1 N–H and O–H groups in total. The average molecular weight is 163 g/mol. The number of aryl methyl sites for hydroxylation is 1. The Balaban J connectivity index is 2.74. The summed E-state index contributed by atoms with van der Waals surface area (Å²) in [4.78, 5) is 10.1. The highest BCUT2D eigenvalue weighted by Crippen LogP contribution is 2.11. The van der Waals surface area contributed by atoms with Crippen LogP contribution in [-0.2, 0) is 4.79 Å². The van der Waals surface area contributed by atoms with Gasteiger partial charge >= 0.3 is 0 Å². The Morgan fingerprint density at radius 1 is 1.33 bits per heavy atom. The number of amides is 1. The summed E-state index contributed by atoms with van der Waals surface area (Å²) < 4.78 is 0. The lowest BCUT2D eigenvalue weighted by Gasteiger charge is -2.09. The molecule has 1 amide bonds. The molecule has 0 fully saturated rings. The van der Waals surface area contributed by atoms with E-state index >= 15 is 0 Å². The molecule has 0 aliphatic carbocycles. The van der Waals surface area contributed by atoms with Crippen LogP contribution in [0.5, 0.6) is 0 Å². The second-order valence-electron chi connectivity index (χ2n) is 2.92. The molecule has 0 aliphatic heterocycles. The molecule has 0 spiro atoms. The number of hydrogen-bond donors (Lipinski definition) is 1. The van der Waals surface area contributed by atoms with E-state index in [0.717, 1.165) is 12.0 Å². The van der Waals surface area contributed by atoms with Crippen LogP contribution in [0.4, 0.5) is 0 Å². The molecular formula is C10H13NO. The van der Waals surface area contributed by atoms with Crippen molar-refractivity contribution in [1.29, 1.82) is 0 Å². The van der Waals surface area contributed by atoms with E-state index in [9.17, 15) is 4.79 Å². The Morgan fingerprint density at radius 3 is 2.42 bits per heavy atom. The van der Waals surface area contributed by atoms with Gasteiger partial charge in [0.25, 0.3) is 0 Å². The molecule has 0 aliphatic rings. The standard InChI is InChI=1S/C10H13NO/c1-8-3-5-10(6-4-8)9(2)11-7-12/h3-7,9H,1-2H3,(H,11,12)/t9-/m0/s1. The van der Waals surface area contributed by atoms with Gasteiger partial charge in [0.05, 0.1) is 6.04 Å². The molecule has 0 heterocycles. The van der Waals surface area contributed by atoms with Crippen LogP contribution >= 0.6 is 0 Å². The van der Waals surface area contributed by atoms with Gasteiger partial charge in [0.15, 0.2) is 0 Å². The van der Waals surface area contributed by atoms with E-state index in [1.165, 1.54) is 5.56 Å². The number of carbonyl (C=O) groups is 1. The highest BCUT2D eigenvalue weighted by Gasteiger charge is 2.01. The molecular weight excluding hydrogens is 150 g/mol. The number of hydrogen-bond acceptors (Lipinski definition) is 1. The van der Waals surface area contributed by atoms with Crippen LogP contribution in [0.1, 0.15) is 24.1 Å². The van der Waals surface area contributed by atoms with Crippen molar-refractivity contribution in [1.82, 2.24) is 5.32 Å². The van der Waals surface area contributed by atoms with Gasteiger partial charge < -0.3 is 5.32 Å². The summed E-state index contributed by atoms with van der Waals surface area (Å²) in [5, 5.41) is 2.70.